The lowest BCUT2D eigenvalue weighted by Crippen LogP contribution is -2.41. The Bertz CT molecular complexity index is 561. The Balaban J connectivity index is 0.00000400. The summed E-state index contributed by atoms with van der Waals surface area (Å²) in [7, 11) is -1.46. The zero-order valence-corrected chi connectivity index (χ0v) is 15.7. The summed E-state index contributed by atoms with van der Waals surface area (Å²) in [4.78, 5) is 4.08. The van der Waals surface area contributed by atoms with E-state index in [4.69, 9.17) is 0 Å². The summed E-state index contributed by atoms with van der Waals surface area (Å²) in [6.45, 7) is 3.51. The standard InChI is InChI=1S/C13H22N4O2S.HI/c1-11-5-4-6-12(9-11)10-16-13(14-2)15-7-8-17-20(3,18)19;/h4-6,9,17H,7-8,10H2,1-3H3,(H2,14,15,16);1H. The van der Waals surface area contributed by atoms with Gasteiger partial charge in [0.25, 0.3) is 0 Å². The largest absolute Gasteiger partial charge is 0.355 e. The molecule has 0 saturated heterocycles. The van der Waals surface area contributed by atoms with Crippen molar-refractivity contribution in [1.29, 1.82) is 0 Å². The van der Waals surface area contributed by atoms with Gasteiger partial charge < -0.3 is 10.6 Å². The van der Waals surface area contributed by atoms with E-state index in [1.807, 2.05) is 25.1 Å². The summed E-state index contributed by atoms with van der Waals surface area (Å²) in [5.41, 5.74) is 2.38. The summed E-state index contributed by atoms with van der Waals surface area (Å²) in [6, 6.07) is 8.20. The van der Waals surface area contributed by atoms with Gasteiger partial charge in [0.2, 0.25) is 10.0 Å². The van der Waals surface area contributed by atoms with Gasteiger partial charge in [0, 0.05) is 26.7 Å². The number of benzene rings is 1. The molecule has 0 amide bonds. The first-order valence-corrected chi connectivity index (χ1v) is 8.24. The molecular formula is C13H23IN4O2S. The molecule has 0 saturated carbocycles. The minimum atomic E-state index is -3.14. The van der Waals surface area contributed by atoms with Gasteiger partial charge in [-0.05, 0) is 12.5 Å². The van der Waals surface area contributed by atoms with Crippen molar-refractivity contribution in [3.8, 4) is 0 Å². The van der Waals surface area contributed by atoms with Gasteiger partial charge in [0.05, 0.1) is 6.26 Å². The van der Waals surface area contributed by atoms with Crippen LogP contribution in [0.3, 0.4) is 0 Å². The molecule has 0 aromatic heterocycles. The van der Waals surface area contributed by atoms with Crippen molar-refractivity contribution in [2.75, 3.05) is 26.4 Å². The molecule has 21 heavy (non-hydrogen) atoms. The fraction of sp³-hybridized carbons (Fsp3) is 0.462. The fourth-order valence-electron chi connectivity index (χ4n) is 1.65. The van der Waals surface area contributed by atoms with Crippen LogP contribution in [0.25, 0.3) is 0 Å². The highest BCUT2D eigenvalue weighted by atomic mass is 127. The number of aryl methyl sites for hydroxylation is 1. The monoisotopic (exact) mass is 426 g/mol. The molecule has 120 valence electrons. The fourth-order valence-corrected chi connectivity index (χ4v) is 2.12. The number of guanidine groups is 1. The number of nitrogens with zero attached hydrogens (tertiary/aromatic N) is 1. The second kappa shape index (κ2) is 9.96. The molecule has 1 aromatic carbocycles. The van der Waals surface area contributed by atoms with Crippen molar-refractivity contribution in [1.82, 2.24) is 15.4 Å². The summed E-state index contributed by atoms with van der Waals surface area (Å²) < 4.78 is 24.2. The number of rotatable bonds is 6. The topological polar surface area (TPSA) is 82.6 Å². The van der Waals surface area contributed by atoms with Crippen molar-refractivity contribution < 1.29 is 8.42 Å². The number of sulfonamides is 1. The van der Waals surface area contributed by atoms with Gasteiger partial charge in [-0.2, -0.15) is 0 Å². The molecule has 1 aromatic rings. The molecule has 0 unspecified atom stereocenters. The molecule has 3 N–H and O–H groups in total. The molecule has 0 atom stereocenters. The normalized spacial score (nSPS) is 11.7. The summed E-state index contributed by atoms with van der Waals surface area (Å²) in [6.07, 6.45) is 1.14. The van der Waals surface area contributed by atoms with Gasteiger partial charge in [-0.3, -0.25) is 4.99 Å². The number of nitrogens with one attached hydrogen (secondary N) is 3. The lowest BCUT2D eigenvalue weighted by Gasteiger charge is -2.12. The minimum absolute atomic E-state index is 0. The van der Waals surface area contributed by atoms with Crippen molar-refractivity contribution in [2.24, 2.45) is 4.99 Å². The maximum Gasteiger partial charge on any atom is 0.208 e. The van der Waals surface area contributed by atoms with E-state index in [0.29, 0.717) is 25.6 Å². The highest BCUT2D eigenvalue weighted by molar-refractivity contribution is 14.0. The molecule has 0 aliphatic rings. The van der Waals surface area contributed by atoms with Gasteiger partial charge in [-0.25, -0.2) is 13.1 Å². The van der Waals surface area contributed by atoms with Crippen LogP contribution in [-0.2, 0) is 16.6 Å². The first-order chi connectivity index (χ1) is 9.40. The number of aliphatic imine (C=N–C) groups is 1. The second-order valence-electron chi connectivity index (χ2n) is 4.51. The van der Waals surface area contributed by atoms with Crippen LogP contribution in [0.1, 0.15) is 11.1 Å². The highest BCUT2D eigenvalue weighted by Crippen LogP contribution is 2.02. The van der Waals surface area contributed by atoms with E-state index in [1.54, 1.807) is 7.05 Å². The van der Waals surface area contributed by atoms with E-state index in [-0.39, 0.29) is 24.0 Å². The highest BCUT2D eigenvalue weighted by Gasteiger charge is 2.01. The Morgan fingerprint density at radius 2 is 1.95 bits per heavy atom. The van der Waals surface area contributed by atoms with E-state index in [1.165, 1.54) is 11.1 Å². The van der Waals surface area contributed by atoms with Crippen LogP contribution in [0.15, 0.2) is 29.3 Å². The third kappa shape index (κ3) is 9.64. The maximum absolute atomic E-state index is 10.9. The molecule has 0 aliphatic carbocycles. The smallest absolute Gasteiger partial charge is 0.208 e. The van der Waals surface area contributed by atoms with Crippen LogP contribution in [0, 0.1) is 6.92 Å². The second-order valence-corrected chi connectivity index (χ2v) is 6.34. The predicted octanol–water partition coefficient (Wildman–Crippen LogP) is 0.827. The molecule has 0 fully saturated rings. The van der Waals surface area contributed by atoms with E-state index in [2.05, 4.69) is 26.4 Å². The maximum atomic E-state index is 10.9. The molecule has 0 radical (unpaired) electrons. The van der Waals surface area contributed by atoms with Crippen LogP contribution < -0.4 is 15.4 Å². The van der Waals surface area contributed by atoms with Crippen molar-refractivity contribution in [2.45, 2.75) is 13.5 Å². The third-order valence-corrected chi connectivity index (χ3v) is 3.28. The summed E-state index contributed by atoms with van der Waals surface area (Å²) in [5, 5.41) is 6.21. The van der Waals surface area contributed by atoms with E-state index in [9.17, 15) is 8.42 Å². The van der Waals surface area contributed by atoms with Gasteiger partial charge >= 0.3 is 0 Å². The van der Waals surface area contributed by atoms with Crippen LogP contribution in [0.4, 0.5) is 0 Å². The third-order valence-electron chi connectivity index (χ3n) is 2.55. The van der Waals surface area contributed by atoms with Crippen LogP contribution in [0.5, 0.6) is 0 Å². The Morgan fingerprint density at radius 3 is 2.52 bits per heavy atom. The Labute approximate surface area is 143 Å². The van der Waals surface area contributed by atoms with Crippen molar-refractivity contribution >= 4 is 40.0 Å². The average molecular weight is 426 g/mol. The van der Waals surface area contributed by atoms with Crippen LogP contribution in [0.2, 0.25) is 0 Å². The van der Waals surface area contributed by atoms with E-state index in [0.717, 1.165) is 6.26 Å². The van der Waals surface area contributed by atoms with Crippen molar-refractivity contribution in [3.63, 3.8) is 0 Å². The minimum Gasteiger partial charge on any atom is -0.355 e. The Kier molecular flexibility index (Phi) is 9.54. The molecule has 0 aliphatic heterocycles. The Hall–Kier alpha value is -0.870. The zero-order valence-electron chi connectivity index (χ0n) is 12.5. The zero-order chi connectivity index (χ0) is 15.0. The first-order valence-electron chi connectivity index (χ1n) is 6.35. The summed E-state index contributed by atoms with van der Waals surface area (Å²) >= 11 is 0. The van der Waals surface area contributed by atoms with Gasteiger partial charge in [0.1, 0.15) is 0 Å². The number of hydrogen-bond acceptors (Lipinski definition) is 3. The van der Waals surface area contributed by atoms with Gasteiger partial charge in [0.15, 0.2) is 5.96 Å². The van der Waals surface area contributed by atoms with E-state index < -0.39 is 10.0 Å². The molecule has 0 heterocycles. The van der Waals surface area contributed by atoms with Gasteiger partial charge in [-0.1, -0.05) is 29.8 Å². The quantitative estimate of drug-likeness (QED) is 0.272. The van der Waals surface area contributed by atoms with E-state index >= 15 is 0 Å². The molecule has 6 nitrogen and oxygen atoms in total. The Morgan fingerprint density at radius 1 is 1.24 bits per heavy atom. The first kappa shape index (κ1) is 20.1. The van der Waals surface area contributed by atoms with Crippen molar-refractivity contribution in [3.05, 3.63) is 35.4 Å². The van der Waals surface area contributed by atoms with Crippen LogP contribution in [-0.4, -0.2) is 40.8 Å². The molecule has 8 heteroatoms. The predicted molar refractivity (Wildman–Crippen MR) is 97.6 cm³/mol. The molecule has 0 spiro atoms. The number of hydrogen-bond donors (Lipinski definition) is 3. The lowest BCUT2D eigenvalue weighted by molar-refractivity contribution is 0.586. The molecule has 0 bridgehead atoms. The molecule has 1 rings (SSSR count). The molecular weight excluding hydrogens is 403 g/mol. The van der Waals surface area contributed by atoms with Crippen LogP contribution >= 0.6 is 24.0 Å². The number of halogens is 1. The van der Waals surface area contributed by atoms with Gasteiger partial charge in [-0.15, -0.1) is 24.0 Å². The SMILES string of the molecule is CN=C(NCCNS(C)(=O)=O)NCc1cccc(C)c1.I. The lowest BCUT2D eigenvalue weighted by atomic mass is 10.1. The summed E-state index contributed by atoms with van der Waals surface area (Å²) in [5.74, 6) is 0.641. The average Bonchev–Trinajstić information content (AvgIpc) is 2.37.